The maximum Gasteiger partial charge on any atom is 0.335 e. The topological polar surface area (TPSA) is 52.6 Å². The first kappa shape index (κ1) is 20.5. The van der Waals surface area contributed by atoms with Crippen molar-refractivity contribution in [3.8, 4) is 22.6 Å². The lowest BCUT2D eigenvalue weighted by atomic mass is 9.98. The molecule has 6 heteroatoms. The van der Waals surface area contributed by atoms with Crippen LogP contribution in [0.5, 0.6) is 11.5 Å². The van der Waals surface area contributed by atoms with Gasteiger partial charge in [0, 0.05) is 27.6 Å². The van der Waals surface area contributed by atoms with Gasteiger partial charge in [-0.05, 0) is 47.9 Å². The first-order valence-corrected chi connectivity index (χ1v) is 10.2. The summed E-state index contributed by atoms with van der Waals surface area (Å²) in [6.07, 6.45) is 2.10. The van der Waals surface area contributed by atoms with E-state index in [9.17, 15) is 14.0 Å². The lowest BCUT2D eigenvalue weighted by Crippen LogP contribution is -2.04. The summed E-state index contributed by atoms with van der Waals surface area (Å²) in [5, 5.41) is 1.69. The first-order valence-electron chi connectivity index (χ1n) is 9.36. The fourth-order valence-corrected chi connectivity index (χ4v) is 4.62. The minimum Gasteiger partial charge on any atom is -0.423 e. The number of benzene rings is 3. The molecule has 0 unspecified atom stereocenters. The number of rotatable bonds is 5. The number of carbonyl (C=O) groups excluding carboxylic acids is 2. The highest BCUT2D eigenvalue weighted by Crippen LogP contribution is 2.42. The second-order valence-electron chi connectivity index (χ2n) is 6.75. The predicted octanol–water partition coefficient (Wildman–Crippen LogP) is 6.35. The molecule has 0 spiro atoms. The summed E-state index contributed by atoms with van der Waals surface area (Å²) in [5.41, 5.74) is 2.93. The van der Waals surface area contributed by atoms with Gasteiger partial charge >= 0.3 is 11.9 Å². The van der Waals surface area contributed by atoms with Crippen molar-refractivity contribution in [2.24, 2.45) is 0 Å². The summed E-state index contributed by atoms with van der Waals surface area (Å²) < 4.78 is 26.5. The number of hydrogen-bond donors (Lipinski definition) is 0. The largest absolute Gasteiger partial charge is 0.423 e. The van der Waals surface area contributed by atoms with Gasteiger partial charge in [0.1, 0.15) is 5.75 Å². The van der Waals surface area contributed by atoms with Gasteiger partial charge in [-0.2, -0.15) is 0 Å². The van der Waals surface area contributed by atoms with Crippen molar-refractivity contribution in [1.29, 1.82) is 0 Å². The van der Waals surface area contributed by atoms with Crippen molar-refractivity contribution in [1.82, 2.24) is 0 Å². The zero-order chi connectivity index (χ0) is 22.1. The molecule has 4 aromatic rings. The van der Waals surface area contributed by atoms with Crippen LogP contribution in [0.3, 0.4) is 0 Å². The van der Waals surface area contributed by atoms with Crippen molar-refractivity contribution in [3.05, 3.63) is 85.2 Å². The van der Waals surface area contributed by atoms with E-state index in [4.69, 9.17) is 9.47 Å². The quantitative estimate of drug-likeness (QED) is 0.209. The Balaban J connectivity index is 1.78. The average molecular weight is 432 g/mol. The number of fused-ring (bicyclic) bond motifs is 3. The van der Waals surface area contributed by atoms with Gasteiger partial charge in [-0.15, -0.1) is 11.3 Å². The molecule has 0 radical (unpaired) electrons. The van der Waals surface area contributed by atoms with Crippen LogP contribution in [0.4, 0.5) is 4.39 Å². The molecule has 0 amide bonds. The van der Waals surface area contributed by atoms with Gasteiger partial charge in [0.15, 0.2) is 11.6 Å². The third kappa shape index (κ3) is 3.73. The second-order valence-corrected chi connectivity index (χ2v) is 7.77. The number of thiophene rings is 1. The molecule has 0 aliphatic heterocycles. The molecule has 31 heavy (non-hydrogen) atoms. The molecule has 0 aliphatic carbocycles. The number of carbonyl (C=O) groups is 2. The highest BCUT2D eigenvalue weighted by atomic mass is 32.1. The molecule has 1 heterocycles. The van der Waals surface area contributed by atoms with Crippen molar-refractivity contribution < 1.29 is 23.5 Å². The summed E-state index contributed by atoms with van der Waals surface area (Å²) >= 11 is 1.31. The number of hydrogen-bond acceptors (Lipinski definition) is 5. The van der Waals surface area contributed by atoms with Crippen LogP contribution >= 0.6 is 11.3 Å². The highest BCUT2D eigenvalue weighted by Gasteiger charge is 2.17. The second kappa shape index (κ2) is 8.16. The Morgan fingerprint density at radius 3 is 2.16 bits per heavy atom. The molecule has 0 bridgehead atoms. The van der Waals surface area contributed by atoms with Crippen molar-refractivity contribution >= 4 is 43.4 Å². The number of ether oxygens (including phenoxy) is 2. The summed E-state index contributed by atoms with van der Waals surface area (Å²) in [6, 6.07) is 14.3. The normalized spacial score (nSPS) is 10.8. The highest BCUT2D eigenvalue weighted by molar-refractivity contribution is 7.26. The van der Waals surface area contributed by atoms with E-state index in [1.165, 1.54) is 17.4 Å². The Labute approximate surface area is 181 Å². The Morgan fingerprint density at radius 1 is 0.871 bits per heavy atom. The summed E-state index contributed by atoms with van der Waals surface area (Å²) in [4.78, 5) is 22.8. The molecule has 0 N–H and O–H groups in total. The minimum absolute atomic E-state index is 0.119. The molecule has 0 saturated carbocycles. The Kier molecular flexibility index (Phi) is 5.40. The molecule has 3 aromatic carbocycles. The van der Waals surface area contributed by atoms with Crippen LogP contribution in [0.1, 0.15) is 5.56 Å². The SMILES string of the molecule is C=CC(=O)Oc1ccc(-c2ccc3c(sc4c(F)c(OC(=O)C=C)ccc43)c2C)cc1. The van der Waals surface area contributed by atoms with E-state index in [1.54, 1.807) is 18.2 Å². The van der Waals surface area contributed by atoms with Crippen LogP contribution in [-0.2, 0) is 9.59 Å². The van der Waals surface area contributed by atoms with Gasteiger partial charge in [0.05, 0.1) is 4.70 Å². The molecule has 154 valence electrons. The van der Waals surface area contributed by atoms with E-state index < -0.39 is 17.8 Å². The maximum atomic E-state index is 15.0. The van der Waals surface area contributed by atoms with E-state index in [1.807, 2.05) is 31.2 Å². The fraction of sp³-hybridized carbons (Fsp3) is 0.0400. The first-order chi connectivity index (χ1) is 14.9. The van der Waals surface area contributed by atoms with E-state index in [2.05, 4.69) is 13.2 Å². The third-order valence-electron chi connectivity index (χ3n) is 4.89. The average Bonchev–Trinajstić information content (AvgIpc) is 3.17. The van der Waals surface area contributed by atoms with Gasteiger partial charge in [0.2, 0.25) is 0 Å². The lowest BCUT2D eigenvalue weighted by molar-refractivity contribution is -0.129. The molecule has 0 atom stereocenters. The molecule has 4 rings (SSSR count). The number of esters is 2. The van der Waals surface area contributed by atoms with Gasteiger partial charge < -0.3 is 9.47 Å². The maximum absolute atomic E-state index is 15.0. The summed E-state index contributed by atoms with van der Waals surface area (Å²) in [7, 11) is 0. The van der Waals surface area contributed by atoms with Gasteiger partial charge in [-0.1, -0.05) is 37.4 Å². The molecular weight excluding hydrogens is 415 g/mol. The van der Waals surface area contributed by atoms with E-state index in [0.717, 1.165) is 44.3 Å². The fourth-order valence-electron chi connectivity index (χ4n) is 3.39. The number of halogens is 1. The van der Waals surface area contributed by atoms with Gasteiger partial charge in [-0.3, -0.25) is 0 Å². The standard InChI is InChI=1S/C25H17FO4S/c1-4-21(27)29-16-8-6-15(7-9-16)17-10-11-18-19-12-13-20(30-22(28)5-2)23(26)25(19)31-24(18)14(17)3/h4-13H,1-2H2,3H3. The smallest absolute Gasteiger partial charge is 0.335 e. The zero-order valence-electron chi connectivity index (χ0n) is 16.6. The zero-order valence-corrected chi connectivity index (χ0v) is 17.4. The molecule has 0 saturated heterocycles. The van der Waals surface area contributed by atoms with Crippen molar-refractivity contribution in [3.63, 3.8) is 0 Å². The van der Waals surface area contributed by atoms with Crippen LogP contribution in [0.2, 0.25) is 0 Å². The predicted molar refractivity (Wildman–Crippen MR) is 121 cm³/mol. The van der Waals surface area contributed by atoms with Crippen LogP contribution in [0, 0.1) is 12.7 Å². The van der Waals surface area contributed by atoms with Gasteiger partial charge in [-0.25, -0.2) is 14.0 Å². The molecular formula is C25H17FO4S. The van der Waals surface area contributed by atoms with Crippen LogP contribution in [0.15, 0.2) is 73.8 Å². The summed E-state index contributed by atoms with van der Waals surface area (Å²) in [5.74, 6) is -1.48. The van der Waals surface area contributed by atoms with Gasteiger partial charge in [0.25, 0.3) is 0 Å². The Bertz CT molecular complexity index is 1370. The van der Waals surface area contributed by atoms with Crippen LogP contribution < -0.4 is 9.47 Å². The molecule has 0 aliphatic rings. The van der Waals surface area contributed by atoms with Crippen molar-refractivity contribution in [2.75, 3.05) is 0 Å². The van der Waals surface area contributed by atoms with E-state index in [-0.39, 0.29) is 5.75 Å². The molecule has 4 nitrogen and oxygen atoms in total. The molecule has 0 fully saturated rings. The van der Waals surface area contributed by atoms with Crippen LogP contribution in [-0.4, -0.2) is 11.9 Å². The monoisotopic (exact) mass is 432 g/mol. The Hall–Kier alpha value is -3.77. The molecule has 1 aromatic heterocycles. The van der Waals surface area contributed by atoms with Crippen molar-refractivity contribution in [2.45, 2.75) is 6.92 Å². The lowest BCUT2D eigenvalue weighted by Gasteiger charge is -2.08. The Morgan fingerprint density at radius 2 is 1.48 bits per heavy atom. The van der Waals surface area contributed by atoms with Crippen LogP contribution in [0.25, 0.3) is 31.3 Å². The third-order valence-corrected chi connectivity index (χ3v) is 6.22. The minimum atomic E-state index is -0.708. The van der Waals surface area contributed by atoms with E-state index in [0.29, 0.717) is 10.4 Å². The number of aryl methyl sites for hydroxylation is 1. The summed E-state index contributed by atoms with van der Waals surface area (Å²) in [6.45, 7) is 8.70. The van der Waals surface area contributed by atoms with E-state index >= 15 is 0 Å².